The van der Waals surface area contributed by atoms with Crippen molar-refractivity contribution in [2.75, 3.05) is 4.90 Å². The minimum absolute atomic E-state index is 0.352. The highest BCUT2D eigenvalue weighted by atomic mass is 35.5. The van der Waals surface area contributed by atoms with Gasteiger partial charge in [-0.05, 0) is 63.6 Å². The zero-order valence-corrected chi connectivity index (χ0v) is 14.9. The summed E-state index contributed by atoms with van der Waals surface area (Å²) in [6.07, 6.45) is 1.11. The van der Waals surface area contributed by atoms with Crippen LogP contribution in [0.4, 0.5) is 16.3 Å². The monoisotopic (exact) mass is 352 g/mol. The first kappa shape index (κ1) is 17.6. The van der Waals surface area contributed by atoms with E-state index in [1.807, 2.05) is 33.8 Å². The Hall–Kier alpha value is -1.78. The lowest BCUT2D eigenvalue weighted by molar-refractivity contribution is 0.0598. The number of aryl methyl sites for hydroxylation is 1. The Balaban J connectivity index is 2.50. The van der Waals surface area contributed by atoms with Gasteiger partial charge in [0.2, 0.25) is 0 Å². The maximum atomic E-state index is 12.7. The van der Waals surface area contributed by atoms with Crippen molar-refractivity contribution >= 4 is 40.8 Å². The summed E-state index contributed by atoms with van der Waals surface area (Å²) in [4.78, 5) is 18.3. The minimum atomic E-state index is -0.630. The summed E-state index contributed by atoms with van der Waals surface area (Å²) in [7, 11) is 0. The van der Waals surface area contributed by atoms with Crippen molar-refractivity contribution in [1.29, 1.82) is 0 Å². The second-order valence-electron chi connectivity index (χ2n) is 6.11. The number of carbonyl (C=O) groups is 1. The lowest BCUT2D eigenvalue weighted by Gasteiger charge is -2.27. The molecule has 23 heavy (non-hydrogen) atoms. The number of benzene rings is 1. The molecule has 0 atom stereocenters. The molecular formula is C17H18Cl2N2O2. The van der Waals surface area contributed by atoms with E-state index in [4.69, 9.17) is 27.9 Å². The maximum absolute atomic E-state index is 12.7. The lowest BCUT2D eigenvalue weighted by atomic mass is 10.2. The molecule has 0 saturated carbocycles. The van der Waals surface area contributed by atoms with Crippen LogP contribution in [0.25, 0.3) is 0 Å². The van der Waals surface area contributed by atoms with Crippen molar-refractivity contribution < 1.29 is 9.53 Å². The average molecular weight is 353 g/mol. The van der Waals surface area contributed by atoms with E-state index in [1.54, 1.807) is 30.5 Å². The van der Waals surface area contributed by atoms with E-state index in [0.29, 0.717) is 21.6 Å². The third-order valence-electron chi connectivity index (χ3n) is 2.87. The van der Waals surface area contributed by atoms with Crippen LogP contribution in [0.3, 0.4) is 0 Å². The molecular weight excluding hydrogens is 335 g/mol. The fourth-order valence-electron chi connectivity index (χ4n) is 1.91. The first-order valence-electron chi connectivity index (χ1n) is 7.08. The molecule has 0 bridgehead atoms. The number of pyridine rings is 1. The summed E-state index contributed by atoms with van der Waals surface area (Å²) in [5, 5.41) is 0.766. The summed E-state index contributed by atoms with van der Waals surface area (Å²) in [5.41, 5.74) is 0.880. The van der Waals surface area contributed by atoms with Crippen molar-refractivity contribution in [1.82, 2.24) is 4.98 Å². The zero-order valence-electron chi connectivity index (χ0n) is 13.4. The SMILES string of the molecule is Cc1ccnc(N(C(=O)OC(C)(C)C)c2ccc(Cl)c(Cl)c2)c1. The van der Waals surface area contributed by atoms with E-state index in [1.165, 1.54) is 4.90 Å². The Kier molecular flexibility index (Phi) is 5.17. The minimum Gasteiger partial charge on any atom is -0.443 e. The van der Waals surface area contributed by atoms with Crippen LogP contribution in [0.2, 0.25) is 10.0 Å². The molecule has 0 radical (unpaired) electrons. The Labute approximate surface area is 146 Å². The largest absolute Gasteiger partial charge is 0.443 e. The van der Waals surface area contributed by atoms with Crippen LogP contribution < -0.4 is 4.90 Å². The molecule has 6 heteroatoms. The van der Waals surface area contributed by atoms with E-state index in [-0.39, 0.29) is 0 Å². The number of rotatable bonds is 2. The van der Waals surface area contributed by atoms with E-state index in [9.17, 15) is 4.79 Å². The van der Waals surface area contributed by atoms with E-state index in [0.717, 1.165) is 5.56 Å². The van der Waals surface area contributed by atoms with Gasteiger partial charge in [-0.2, -0.15) is 0 Å². The summed E-state index contributed by atoms with van der Waals surface area (Å²) >= 11 is 12.0. The van der Waals surface area contributed by atoms with Crippen LogP contribution >= 0.6 is 23.2 Å². The van der Waals surface area contributed by atoms with Gasteiger partial charge in [-0.1, -0.05) is 23.2 Å². The molecule has 1 amide bonds. The Bertz CT molecular complexity index is 727. The molecule has 0 aliphatic rings. The Morgan fingerprint density at radius 2 is 1.83 bits per heavy atom. The lowest BCUT2D eigenvalue weighted by Crippen LogP contribution is -2.34. The van der Waals surface area contributed by atoms with Crippen molar-refractivity contribution in [2.24, 2.45) is 0 Å². The quantitative estimate of drug-likeness (QED) is 0.688. The molecule has 0 spiro atoms. The van der Waals surface area contributed by atoms with Crippen molar-refractivity contribution in [3.05, 3.63) is 52.1 Å². The number of amides is 1. The predicted molar refractivity (Wildman–Crippen MR) is 93.8 cm³/mol. The molecule has 2 aromatic rings. The molecule has 0 aliphatic heterocycles. The van der Waals surface area contributed by atoms with Gasteiger partial charge in [0.1, 0.15) is 11.4 Å². The van der Waals surface area contributed by atoms with Crippen LogP contribution in [0.5, 0.6) is 0 Å². The van der Waals surface area contributed by atoms with Gasteiger partial charge in [0.15, 0.2) is 0 Å². The first-order valence-corrected chi connectivity index (χ1v) is 7.84. The maximum Gasteiger partial charge on any atom is 0.420 e. The molecule has 0 fully saturated rings. The highest BCUT2D eigenvalue weighted by Gasteiger charge is 2.26. The van der Waals surface area contributed by atoms with E-state index < -0.39 is 11.7 Å². The molecule has 1 aromatic carbocycles. The van der Waals surface area contributed by atoms with Crippen LogP contribution in [0.1, 0.15) is 26.3 Å². The Morgan fingerprint density at radius 1 is 1.13 bits per heavy atom. The fraction of sp³-hybridized carbons (Fsp3) is 0.294. The van der Waals surface area contributed by atoms with Crippen molar-refractivity contribution in [3.63, 3.8) is 0 Å². The molecule has 0 aliphatic carbocycles. The molecule has 122 valence electrons. The van der Waals surface area contributed by atoms with Crippen LogP contribution in [0.15, 0.2) is 36.5 Å². The van der Waals surface area contributed by atoms with Gasteiger partial charge in [0.05, 0.1) is 15.7 Å². The standard InChI is InChI=1S/C17H18Cl2N2O2/c1-11-7-8-20-15(9-11)21(16(22)23-17(2,3)4)12-5-6-13(18)14(19)10-12/h5-10H,1-4H3. The van der Waals surface area contributed by atoms with Crippen molar-refractivity contribution in [2.45, 2.75) is 33.3 Å². The number of hydrogen-bond acceptors (Lipinski definition) is 3. The highest BCUT2D eigenvalue weighted by molar-refractivity contribution is 6.42. The van der Waals surface area contributed by atoms with E-state index in [2.05, 4.69) is 4.98 Å². The molecule has 4 nitrogen and oxygen atoms in total. The van der Waals surface area contributed by atoms with Crippen LogP contribution in [0, 0.1) is 6.92 Å². The van der Waals surface area contributed by atoms with Gasteiger partial charge in [-0.15, -0.1) is 0 Å². The average Bonchev–Trinajstić information content (AvgIpc) is 2.41. The fourth-order valence-corrected chi connectivity index (χ4v) is 2.20. The molecule has 1 aromatic heterocycles. The third kappa shape index (κ3) is 4.60. The van der Waals surface area contributed by atoms with Gasteiger partial charge in [0.25, 0.3) is 0 Å². The molecule has 0 saturated heterocycles. The zero-order chi connectivity index (χ0) is 17.2. The van der Waals surface area contributed by atoms with Crippen molar-refractivity contribution in [3.8, 4) is 0 Å². The van der Waals surface area contributed by atoms with Gasteiger partial charge in [0, 0.05) is 6.20 Å². The second kappa shape index (κ2) is 6.77. The second-order valence-corrected chi connectivity index (χ2v) is 6.92. The molecule has 1 heterocycles. The molecule has 0 N–H and O–H groups in total. The van der Waals surface area contributed by atoms with Crippen LogP contribution in [-0.2, 0) is 4.74 Å². The summed E-state index contributed by atoms with van der Waals surface area (Å²) < 4.78 is 5.49. The number of aromatic nitrogens is 1. The molecule has 0 unspecified atom stereocenters. The number of ether oxygens (including phenoxy) is 1. The number of carbonyl (C=O) groups excluding carboxylic acids is 1. The first-order chi connectivity index (χ1) is 10.7. The van der Waals surface area contributed by atoms with Gasteiger partial charge in [-0.3, -0.25) is 0 Å². The summed E-state index contributed by atoms with van der Waals surface area (Å²) in [6.45, 7) is 7.35. The smallest absolute Gasteiger partial charge is 0.420 e. The highest BCUT2D eigenvalue weighted by Crippen LogP contribution is 2.32. The Morgan fingerprint density at radius 3 is 2.39 bits per heavy atom. The van der Waals surface area contributed by atoms with E-state index >= 15 is 0 Å². The van der Waals surface area contributed by atoms with Gasteiger partial charge < -0.3 is 4.74 Å². The summed E-state index contributed by atoms with van der Waals surface area (Å²) in [6, 6.07) is 8.59. The number of nitrogens with zero attached hydrogens (tertiary/aromatic N) is 2. The summed E-state index contributed by atoms with van der Waals surface area (Å²) in [5.74, 6) is 0.456. The third-order valence-corrected chi connectivity index (χ3v) is 3.61. The van der Waals surface area contributed by atoms with Crippen LogP contribution in [-0.4, -0.2) is 16.7 Å². The van der Waals surface area contributed by atoms with Gasteiger partial charge in [-0.25, -0.2) is 14.7 Å². The molecule has 2 rings (SSSR count). The number of hydrogen-bond donors (Lipinski definition) is 0. The van der Waals surface area contributed by atoms with Gasteiger partial charge >= 0.3 is 6.09 Å². The number of halogens is 2. The predicted octanol–water partition coefficient (Wildman–Crippen LogP) is 5.77. The normalized spacial score (nSPS) is 11.2. The number of anilines is 2. The topological polar surface area (TPSA) is 42.4 Å².